The summed E-state index contributed by atoms with van der Waals surface area (Å²) in [6.07, 6.45) is -1.10. The van der Waals surface area contributed by atoms with Gasteiger partial charge in [0.1, 0.15) is 24.2 Å². The average molecular weight is 326 g/mol. The fourth-order valence-corrected chi connectivity index (χ4v) is 3.51. The Balaban J connectivity index is 1.67. The van der Waals surface area contributed by atoms with Crippen LogP contribution in [0.5, 0.6) is 0 Å². The van der Waals surface area contributed by atoms with Crippen molar-refractivity contribution in [2.45, 2.75) is 57.6 Å². The first-order valence-electron chi connectivity index (χ1n) is 8.28. The molecule has 0 radical (unpaired) electrons. The van der Waals surface area contributed by atoms with Crippen LogP contribution in [0.1, 0.15) is 25.4 Å². The lowest BCUT2D eigenvalue weighted by atomic mass is 9.94. The van der Waals surface area contributed by atoms with Gasteiger partial charge in [0, 0.05) is 0 Å². The van der Waals surface area contributed by atoms with E-state index in [1.807, 2.05) is 6.07 Å². The van der Waals surface area contributed by atoms with Gasteiger partial charge in [-0.3, -0.25) is 4.90 Å². The SMILES string of the molecule is CCN(CC)C1C2OCC(O2)C(NCc2ccc(CO)o2)C1O. The van der Waals surface area contributed by atoms with Gasteiger partial charge in [0.2, 0.25) is 0 Å². The second kappa shape index (κ2) is 7.29. The number of ether oxygens (including phenoxy) is 2. The molecule has 0 saturated carbocycles. The van der Waals surface area contributed by atoms with E-state index in [9.17, 15) is 5.11 Å². The molecule has 0 spiro atoms. The standard InChI is InChI=1S/C16H26N2O5/c1-3-18(4-2)14-15(20)13(12-9-21-16(14)23-12)17-7-10-5-6-11(8-19)22-10/h5-6,12-17,19-20H,3-4,7-9H2,1-2H3. The number of hydrogen-bond acceptors (Lipinski definition) is 7. The Hall–Kier alpha value is -0.960. The fraction of sp³-hybridized carbons (Fsp3) is 0.750. The highest BCUT2D eigenvalue weighted by Crippen LogP contribution is 2.31. The molecule has 3 heterocycles. The number of aliphatic hydroxyl groups excluding tert-OH is 2. The van der Waals surface area contributed by atoms with Gasteiger partial charge >= 0.3 is 0 Å². The second-order valence-electron chi connectivity index (χ2n) is 6.01. The maximum absolute atomic E-state index is 10.8. The Bertz CT molecular complexity index is 502. The molecule has 23 heavy (non-hydrogen) atoms. The molecule has 130 valence electrons. The molecule has 7 nitrogen and oxygen atoms in total. The van der Waals surface area contributed by atoms with Crippen LogP contribution in [-0.2, 0) is 22.6 Å². The first-order valence-corrected chi connectivity index (χ1v) is 8.28. The first kappa shape index (κ1) is 16.9. The van der Waals surface area contributed by atoms with Crippen molar-refractivity contribution in [3.05, 3.63) is 23.7 Å². The van der Waals surface area contributed by atoms with E-state index in [2.05, 4.69) is 24.1 Å². The van der Waals surface area contributed by atoms with E-state index in [4.69, 9.17) is 19.0 Å². The molecular weight excluding hydrogens is 300 g/mol. The molecule has 3 N–H and O–H groups in total. The monoisotopic (exact) mass is 326 g/mol. The van der Waals surface area contributed by atoms with E-state index in [1.165, 1.54) is 0 Å². The van der Waals surface area contributed by atoms with Gasteiger partial charge in [0.15, 0.2) is 6.29 Å². The van der Waals surface area contributed by atoms with E-state index in [1.54, 1.807) is 6.07 Å². The highest BCUT2D eigenvalue weighted by Gasteiger charge is 2.51. The van der Waals surface area contributed by atoms with Gasteiger partial charge in [-0.2, -0.15) is 0 Å². The molecule has 0 aliphatic carbocycles. The van der Waals surface area contributed by atoms with Crippen molar-refractivity contribution < 1.29 is 24.1 Å². The van der Waals surface area contributed by atoms with Crippen LogP contribution < -0.4 is 5.32 Å². The zero-order valence-electron chi connectivity index (χ0n) is 13.6. The number of aliphatic hydroxyl groups is 2. The third-order valence-electron chi connectivity index (χ3n) is 4.75. The van der Waals surface area contributed by atoms with E-state index < -0.39 is 6.10 Å². The summed E-state index contributed by atoms with van der Waals surface area (Å²) in [6, 6.07) is 3.18. The topological polar surface area (TPSA) is 87.3 Å². The predicted molar refractivity (Wildman–Crippen MR) is 82.6 cm³/mol. The maximum atomic E-state index is 10.8. The van der Waals surface area contributed by atoms with E-state index in [0.717, 1.165) is 18.8 Å². The van der Waals surface area contributed by atoms with Crippen molar-refractivity contribution in [1.82, 2.24) is 10.2 Å². The van der Waals surface area contributed by atoms with Crippen LogP contribution in [0.2, 0.25) is 0 Å². The van der Waals surface area contributed by atoms with Gasteiger partial charge < -0.3 is 29.4 Å². The molecule has 2 aliphatic rings. The third kappa shape index (κ3) is 3.31. The maximum Gasteiger partial charge on any atom is 0.176 e. The van der Waals surface area contributed by atoms with Crippen LogP contribution in [0.3, 0.4) is 0 Å². The predicted octanol–water partition coefficient (Wildman–Crippen LogP) is 0.0565. The highest BCUT2D eigenvalue weighted by molar-refractivity contribution is 5.07. The van der Waals surface area contributed by atoms with E-state index >= 15 is 0 Å². The van der Waals surface area contributed by atoms with Gasteiger partial charge in [-0.25, -0.2) is 0 Å². The van der Waals surface area contributed by atoms with E-state index in [-0.39, 0.29) is 31.1 Å². The van der Waals surface area contributed by atoms with Crippen molar-refractivity contribution in [3.8, 4) is 0 Å². The summed E-state index contributed by atoms with van der Waals surface area (Å²) < 4.78 is 17.1. The number of hydrogen-bond donors (Lipinski definition) is 3. The summed E-state index contributed by atoms with van der Waals surface area (Å²) in [5, 5.41) is 23.2. The molecule has 1 aromatic heterocycles. The normalized spacial score (nSPS) is 33.5. The van der Waals surface area contributed by atoms with Gasteiger partial charge in [0.25, 0.3) is 0 Å². The van der Waals surface area contributed by atoms with Gasteiger partial charge in [-0.05, 0) is 25.2 Å². The summed E-state index contributed by atoms with van der Waals surface area (Å²) in [5.41, 5.74) is 0. The number of rotatable bonds is 7. The summed E-state index contributed by atoms with van der Waals surface area (Å²) in [6.45, 7) is 6.64. The zero-order chi connectivity index (χ0) is 16.4. The Morgan fingerprint density at radius 2 is 2.00 bits per heavy atom. The van der Waals surface area contributed by atoms with Crippen molar-refractivity contribution >= 4 is 0 Å². The fourth-order valence-electron chi connectivity index (χ4n) is 3.51. The Morgan fingerprint density at radius 1 is 1.26 bits per heavy atom. The summed E-state index contributed by atoms with van der Waals surface area (Å²) in [4.78, 5) is 2.17. The molecule has 0 amide bonds. The van der Waals surface area contributed by atoms with E-state index in [0.29, 0.717) is 18.9 Å². The van der Waals surface area contributed by atoms with Crippen LogP contribution in [0.25, 0.3) is 0 Å². The minimum Gasteiger partial charge on any atom is -0.462 e. The molecule has 7 heteroatoms. The van der Waals surface area contributed by atoms with Crippen molar-refractivity contribution in [1.29, 1.82) is 0 Å². The third-order valence-corrected chi connectivity index (χ3v) is 4.75. The van der Waals surface area contributed by atoms with Gasteiger partial charge in [0.05, 0.1) is 31.3 Å². The Morgan fingerprint density at radius 3 is 2.65 bits per heavy atom. The van der Waals surface area contributed by atoms with Crippen molar-refractivity contribution in [2.75, 3.05) is 19.7 Å². The lowest BCUT2D eigenvalue weighted by molar-refractivity contribution is -0.181. The molecule has 5 atom stereocenters. The molecule has 2 fully saturated rings. The molecule has 5 unspecified atom stereocenters. The molecule has 2 saturated heterocycles. The van der Waals surface area contributed by atoms with Crippen molar-refractivity contribution in [3.63, 3.8) is 0 Å². The smallest absolute Gasteiger partial charge is 0.176 e. The molecule has 1 aromatic rings. The molecular formula is C16H26N2O5. The Labute approximate surface area is 136 Å². The van der Waals surface area contributed by atoms with Crippen LogP contribution in [-0.4, -0.2) is 65.4 Å². The molecule has 2 aliphatic heterocycles. The number of nitrogens with one attached hydrogen (secondary N) is 1. The molecule has 2 bridgehead atoms. The highest BCUT2D eigenvalue weighted by atomic mass is 16.7. The number of fused-ring (bicyclic) bond motifs is 2. The van der Waals surface area contributed by atoms with Crippen LogP contribution in [0.4, 0.5) is 0 Å². The number of furan rings is 1. The minimum absolute atomic E-state index is 0.114. The van der Waals surface area contributed by atoms with Gasteiger partial charge in [-0.15, -0.1) is 0 Å². The van der Waals surface area contributed by atoms with Crippen molar-refractivity contribution in [2.24, 2.45) is 0 Å². The number of nitrogens with zero attached hydrogens (tertiary/aromatic N) is 1. The molecule has 0 aromatic carbocycles. The minimum atomic E-state index is -0.576. The largest absolute Gasteiger partial charge is 0.462 e. The average Bonchev–Trinajstić information content (AvgIpc) is 3.19. The zero-order valence-corrected chi connectivity index (χ0v) is 13.6. The lowest BCUT2D eigenvalue weighted by Crippen LogP contribution is -2.64. The summed E-state index contributed by atoms with van der Waals surface area (Å²) >= 11 is 0. The summed E-state index contributed by atoms with van der Waals surface area (Å²) in [7, 11) is 0. The summed E-state index contributed by atoms with van der Waals surface area (Å²) in [5.74, 6) is 1.26. The number of likely N-dealkylation sites (N-methyl/N-ethyl adjacent to an activating group) is 1. The van der Waals surface area contributed by atoms with Crippen LogP contribution >= 0.6 is 0 Å². The quantitative estimate of drug-likeness (QED) is 0.653. The second-order valence-corrected chi connectivity index (χ2v) is 6.01. The lowest BCUT2D eigenvalue weighted by Gasteiger charge is -2.43. The first-order chi connectivity index (χ1) is 11.2. The Kier molecular flexibility index (Phi) is 5.35. The van der Waals surface area contributed by atoms with Crippen LogP contribution in [0, 0.1) is 0 Å². The van der Waals surface area contributed by atoms with Gasteiger partial charge in [-0.1, -0.05) is 13.8 Å². The molecule has 3 rings (SSSR count). The van der Waals surface area contributed by atoms with Crippen LogP contribution in [0.15, 0.2) is 16.5 Å².